The van der Waals surface area contributed by atoms with Crippen LogP contribution in [0.5, 0.6) is 0 Å². The van der Waals surface area contributed by atoms with E-state index in [1.165, 1.54) is 7.11 Å². The van der Waals surface area contributed by atoms with Crippen molar-refractivity contribution in [3.63, 3.8) is 0 Å². The monoisotopic (exact) mass is 262 g/mol. The van der Waals surface area contributed by atoms with Crippen molar-refractivity contribution in [2.75, 3.05) is 23.9 Å². The van der Waals surface area contributed by atoms with Crippen molar-refractivity contribution in [3.05, 3.63) is 23.8 Å². The number of ether oxygens (including phenoxy) is 1. The molecule has 0 aliphatic carbocycles. The molecule has 0 radical (unpaired) electrons. The summed E-state index contributed by atoms with van der Waals surface area (Å²) in [6, 6.07) is 5.16. The van der Waals surface area contributed by atoms with Gasteiger partial charge >= 0.3 is 5.97 Å². The van der Waals surface area contributed by atoms with Crippen LogP contribution in [0.2, 0.25) is 0 Å². The van der Waals surface area contributed by atoms with Gasteiger partial charge in [0.15, 0.2) is 0 Å². The molecule has 0 fully saturated rings. The Labute approximate surface area is 112 Å². The predicted octanol–water partition coefficient (Wildman–Crippen LogP) is 2.03. The van der Waals surface area contributed by atoms with Gasteiger partial charge in [-0.15, -0.1) is 0 Å². The van der Waals surface area contributed by atoms with Crippen molar-refractivity contribution < 1.29 is 14.3 Å². The lowest BCUT2D eigenvalue weighted by Crippen LogP contribution is -2.53. The second kappa shape index (κ2) is 4.57. The van der Waals surface area contributed by atoms with Crippen molar-refractivity contribution >= 4 is 23.3 Å². The Hall–Kier alpha value is -2.04. The highest BCUT2D eigenvalue weighted by atomic mass is 16.5. The summed E-state index contributed by atoms with van der Waals surface area (Å²) < 4.78 is 4.71. The van der Waals surface area contributed by atoms with E-state index in [0.29, 0.717) is 12.1 Å². The van der Waals surface area contributed by atoms with E-state index < -0.39 is 5.54 Å². The molecule has 0 saturated carbocycles. The molecule has 0 spiro atoms. The van der Waals surface area contributed by atoms with Gasteiger partial charge in [-0.1, -0.05) is 0 Å². The number of carbonyl (C=O) groups excluding carboxylic acids is 2. The molecule has 19 heavy (non-hydrogen) atoms. The first-order valence-electron chi connectivity index (χ1n) is 6.23. The third kappa shape index (κ3) is 2.16. The summed E-state index contributed by atoms with van der Waals surface area (Å²) in [5.74, 6) is -0.365. The minimum absolute atomic E-state index is 0.0216. The molecule has 0 bridgehead atoms. The van der Waals surface area contributed by atoms with E-state index in [-0.39, 0.29) is 11.9 Å². The number of carbonyl (C=O) groups is 2. The van der Waals surface area contributed by atoms with Crippen molar-refractivity contribution in [2.24, 2.45) is 0 Å². The van der Waals surface area contributed by atoms with Crippen LogP contribution in [0.15, 0.2) is 18.2 Å². The van der Waals surface area contributed by atoms with Gasteiger partial charge in [0.05, 0.1) is 24.0 Å². The number of anilines is 2. The standard InChI is InChI=1S/C14H18N2O3/c1-5-16-11-7-6-9(12(17)19-4)8-10(11)15-14(2,3)13(16)18/h6-8,15H,5H2,1-4H3. The van der Waals surface area contributed by atoms with Gasteiger partial charge in [-0.2, -0.15) is 0 Å². The van der Waals surface area contributed by atoms with Crippen LogP contribution in [-0.4, -0.2) is 31.1 Å². The summed E-state index contributed by atoms with van der Waals surface area (Å²) in [7, 11) is 1.35. The van der Waals surface area contributed by atoms with Crippen LogP contribution < -0.4 is 10.2 Å². The number of nitrogens with one attached hydrogen (secondary N) is 1. The van der Waals surface area contributed by atoms with E-state index in [0.717, 1.165) is 11.4 Å². The largest absolute Gasteiger partial charge is 0.465 e. The third-order valence-electron chi connectivity index (χ3n) is 3.25. The number of fused-ring (bicyclic) bond motifs is 1. The molecule has 0 unspecified atom stereocenters. The normalized spacial score (nSPS) is 16.6. The Morgan fingerprint density at radius 3 is 2.68 bits per heavy atom. The van der Waals surface area contributed by atoms with Crippen LogP contribution in [0.1, 0.15) is 31.1 Å². The van der Waals surface area contributed by atoms with Gasteiger partial charge in [0.2, 0.25) is 0 Å². The van der Waals surface area contributed by atoms with Crippen molar-refractivity contribution in [1.82, 2.24) is 0 Å². The van der Waals surface area contributed by atoms with Gasteiger partial charge in [0.1, 0.15) is 5.54 Å². The summed E-state index contributed by atoms with van der Waals surface area (Å²) in [4.78, 5) is 25.5. The second-order valence-corrected chi connectivity index (χ2v) is 5.02. The molecule has 1 aliphatic rings. The van der Waals surface area contributed by atoms with Crippen molar-refractivity contribution in [2.45, 2.75) is 26.3 Å². The van der Waals surface area contributed by atoms with Gasteiger partial charge in [0.25, 0.3) is 5.91 Å². The fourth-order valence-corrected chi connectivity index (χ4v) is 2.27. The van der Waals surface area contributed by atoms with E-state index in [1.807, 2.05) is 20.8 Å². The zero-order valence-electron chi connectivity index (χ0n) is 11.6. The predicted molar refractivity (Wildman–Crippen MR) is 73.5 cm³/mol. The first kappa shape index (κ1) is 13.4. The molecule has 102 valence electrons. The smallest absolute Gasteiger partial charge is 0.337 e. The molecule has 2 rings (SSSR count). The average Bonchev–Trinajstić information content (AvgIpc) is 2.38. The van der Waals surface area contributed by atoms with Crippen molar-refractivity contribution in [3.8, 4) is 0 Å². The van der Waals surface area contributed by atoms with E-state index in [1.54, 1.807) is 23.1 Å². The molecule has 1 amide bonds. The van der Waals surface area contributed by atoms with Gasteiger partial charge in [-0.05, 0) is 39.0 Å². The molecule has 1 aromatic carbocycles. The van der Waals surface area contributed by atoms with Gasteiger partial charge in [0, 0.05) is 6.54 Å². The van der Waals surface area contributed by atoms with Crippen LogP contribution in [0, 0.1) is 0 Å². The Morgan fingerprint density at radius 1 is 1.42 bits per heavy atom. The van der Waals surface area contributed by atoms with E-state index in [2.05, 4.69) is 5.32 Å². The van der Waals surface area contributed by atoms with Crippen LogP contribution in [-0.2, 0) is 9.53 Å². The minimum Gasteiger partial charge on any atom is -0.465 e. The SMILES string of the molecule is CCN1C(=O)C(C)(C)Nc2cc(C(=O)OC)ccc21. The van der Waals surface area contributed by atoms with Crippen LogP contribution >= 0.6 is 0 Å². The summed E-state index contributed by atoms with van der Waals surface area (Å²) in [5, 5.41) is 3.17. The maximum atomic E-state index is 12.3. The number of benzene rings is 1. The molecule has 1 aromatic rings. The third-order valence-corrected chi connectivity index (χ3v) is 3.25. The highest BCUT2D eigenvalue weighted by Gasteiger charge is 2.38. The summed E-state index contributed by atoms with van der Waals surface area (Å²) in [6.45, 7) is 6.17. The summed E-state index contributed by atoms with van der Waals surface area (Å²) in [6.07, 6.45) is 0. The number of amides is 1. The quantitative estimate of drug-likeness (QED) is 0.828. The zero-order chi connectivity index (χ0) is 14.2. The van der Waals surface area contributed by atoms with Crippen LogP contribution in [0.25, 0.3) is 0 Å². The number of nitrogens with zero attached hydrogens (tertiary/aromatic N) is 1. The van der Waals surface area contributed by atoms with E-state index >= 15 is 0 Å². The van der Waals surface area contributed by atoms with E-state index in [4.69, 9.17) is 4.74 Å². The number of methoxy groups -OCH3 is 1. The highest BCUT2D eigenvalue weighted by molar-refractivity contribution is 6.08. The Bertz CT molecular complexity index is 537. The lowest BCUT2D eigenvalue weighted by atomic mass is 9.97. The number of likely N-dealkylation sites (N-methyl/N-ethyl adjacent to an activating group) is 1. The highest BCUT2D eigenvalue weighted by Crippen LogP contribution is 2.35. The lowest BCUT2D eigenvalue weighted by molar-refractivity contribution is -0.122. The Kier molecular flexibility index (Phi) is 3.22. The topological polar surface area (TPSA) is 58.6 Å². The molecular formula is C14H18N2O3. The number of hydrogen-bond acceptors (Lipinski definition) is 4. The van der Waals surface area contributed by atoms with Gasteiger partial charge in [-0.25, -0.2) is 4.79 Å². The van der Waals surface area contributed by atoms with Crippen LogP contribution in [0.4, 0.5) is 11.4 Å². The number of rotatable bonds is 2. The molecule has 0 aromatic heterocycles. The second-order valence-electron chi connectivity index (χ2n) is 5.02. The molecule has 1 heterocycles. The molecule has 0 saturated heterocycles. The molecule has 1 N–H and O–H groups in total. The van der Waals surface area contributed by atoms with Gasteiger partial charge < -0.3 is 15.0 Å². The van der Waals surface area contributed by atoms with E-state index in [9.17, 15) is 9.59 Å². The first-order valence-corrected chi connectivity index (χ1v) is 6.23. The lowest BCUT2D eigenvalue weighted by Gasteiger charge is -2.39. The number of esters is 1. The minimum atomic E-state index is -0.683. The molecule has 5 heteroatoms. The fourth-order valence-electron chi connectivity index (χ4n) is 2.27. The molecule has 1 aliphatic heterocycles. The average molecular weight is 262 g/mol. The van der Waals surface area contributed by atoms with Crippen LogP contribution in [0.3, 0.4) is 0 Å². The molecular weight excluding hydrogens is 244 g/mol. The molecule has 0 atom stereocenters. The summed E-state index contributed by atoms with van der Waals surface area (Å²) >= 11 is 0. The zero-order valence-corrected chi connectivity index (χ0v) is 11.6. The van der Waals surface area contributed by atoms with Gasteiger partial charge in [-0.3, -0.25) is 4.79 Å². The maximum absolute atomic E-state index is 12.3. The van der Waals surface area contributed by atoms with Crippen molar-refractivity contribution in [1.29, 1.82) is 0 Å². The first-order chi connectivity index (χ1) is 8.90. The Balaban J connectivity index is 2.51. The number of hydrogen-bond donors (Lipinski definition) is 1. The Morgan fingerprint density at radius 2 is 2.11 bits per heavy atom. The summed E-state index contributed by atoms with van der Waals surface area (Å²) in [5.41, 5.74) is 1.35. The molecule has 5 nitrogen and oxygen atoms in total. The fraction of sp³-hybridized carbons (Fsp3) is 0.429. The maximum Gasteiger partial charge on any atom is 0.337 e.